The number of nitrogen functional groups attached to an aromatic ring is 1. The number of rotatable bonds is 2. The highest BCUT2D eigenvalue weighted by Gasteiger charge is 2.13. The SMILES string of the molecule is COc1cc(-c2[nH]ncc2N)cc(O)c1O. The largest absolute Gasteiger partial charge is 0.504 e. The Bertz CT molecular complexity index is 522. The van der Waals surface area contributed by atoms with Crippen LogP contribution in [0.1, 0.15) is 0 Å². The summed E-state index contributed by atoms with van der Waals surface area (Å²) in [5.41, 5.74) is 7.27. The van der Waals surface area contributed by atoms with Crippen LogP contribution < -0.4 is 10.5 Å². The highest BCUT2D eigenvalue weighted by molar-refractivity contribution is 5.75. The van der Waals surface area contributed by atoms with Gasteiger partial charge in [-0.1, -0.05) is 0 Å². The van der Waals surface area contributed by atoms with Gasteiger partial charge in [0.15, 0.2) is 11.5 Å². The number of phenolic OH excluding ortho intramolecular Hbond substituents is 2. The molecule has 0 bridgehead atoms. The summed E-state index contributed by atoms with van der Waals surface area (Å²) in [5.74, 6) is -0.406. The molecule has 0 amide bonds. The van der Waals surface area contributed by atoms with E-state index in [9.17, 15) is 10.2 Å². The number of hydrogen-bond donors (Lipinski definition) is 4. The molecule has 0 saturated carbocycles. The van der Waals surface area contributed by atoms with Crippen molar-refractivity contribution in [3.63, 3.8) is 0 Å². The van der Waals surface area contributed by atoms with Crippen molar-refractivity contribution >= 4 is 5.69 Å². The normalized spacial score (nSPS) is 10.3. The van der Waals surface area contributed by atoms with E-state index in [0.717, 1.165) is 0 Å². The number of aromatic amines is 1. The number of nitrogens with zero attached hydrogens (tertiary/aromatic N) is 1. The molecule has 84 valence electrons. The van der Waals surface area contributed by atoms with Gasteiger partial charge in [-0.05, 0) is 12.1 Å². The smallest absolute Gasteiger partial charge is 0.200 e. The Morgan fingerprint density at radius 3 is 2.69 bits per heavy atom. The van der Waals surface area contributed by atoms with Gasteiger partial charge in [0.1, 0.15) is 0 Å². The third-order valence-electron chi connectivity index (χ3n) is 2.23. The van der Waals surface area contributed by atoms with Crippen LogP contribution >= 0.6 is 0 Å². The van der Waals surface area contributed by atoms with E-state index in [4.69, 9.17) is 10.5 Å². The summed E-state index contributed by atoms with van der Waals surface area (Å²) < 4.78 is 4.92. The first-order valence-corrected chi connectivity index (χ1v) is 4.52. The first-order chi connectivity index (χ1) is 7.63. The third-order valence-corrected chi connectivity index (χ3v) is 2.23. The van der Waals surface area contributed by atoms with Crippen molar-refractivity contribution < 1.29 is 14.9 Å². The average molecular weight is 221 g/mol. The lowest BCUT2D eigenvalue weighted by Gasteiger charge is -2.08. The highest BCUT2D eigenvalue weighted by Crippen LogP contribution is 2.40. The van der Waals surface area contributed by atoms with Crippen LogP contribution in [0.2, 0.25) is 0 Å². The molecule has 0 unspecified atom stereocenters. The molecule has 1 heterocycles. The topological polar surface area (TPSA) is 104 Å². The Kier molecular flexibility index (Phi) is 2.32. The van der Waals surface area contributed by atoms with Crippen LogP contribution in [0.4, 0.5) is 5.69 Å². The monoisotopic (exact) mass is 221 g/mol. The van der Waals surface area contributed by atoms with E-state index in [0.29, 0.717) is 16.9 Å². The Labute approximate surface area is 91.3 Å². The van der Waals surface area contributed by atoms with Crippen LogP contribution in [-0.4, -0.2) is 27.5 Å². The van der Waals surface area contributed by atoms with Crippen LogP contribution in [-0.2, 0) is 0 Å². The fraction of sp³-hybridized carbons (Fsp3) is 0.100. The van der Waals surface area contributed by atoms with Crippen molar-refractivity contribution in [2.24, 2.45) is 0 Å². The van der Waals surface area contributed by atoms with E-state index in [1.54, 1.807) is 6.07 Å². The van der Waals surface area contributed by atoms with Crippen LogP contribution in [0.15, 0.2) is 18.3 Å². The molecule has 0 aliphatic carbocycles. The summed E-state index contributed by atoms with van der Waals surface area (Å²) in [5, 5.41) is 25.4. The molecule has 2 rings (SSSR count). The maximum atomic E-state index is 9.50. The number of aromatic nitrogens is 2. The maximum absolute atomic E-state index is 9.50. The van der Waals surface area contributed by atoms with E-state index in [-0.39, 0.29) is 17.2 Å². The molecular weight excluding hydrogens is 210 g/mol. The van der Waals surface area contributed by atoms with Crippen LogP contribution in [0.5, 0.6) is 17.2 Å². The molecule has 0 radical (unpaired) electrons. The molecule has 0 fully saturated rings. The Morgan fingerprint density at radius 2 is 2.12 bits per heavy atom. The minimum atomic E-state index is -0.302. The van der Waals surface area contributed by atoms with Gasteiger partial charge in [-0.15, -0.1) is 0 Å². The van der Waals surface area contributed by atoms with E-state index < -0.39 is 0 Å². The second-order valence-electron chi connectivity index (χ2n) is 3.25. The van der Waals surface area contributed by atoms with Crippen molar-refractivity contribution in [2.45, 2.75) is 0 Å². The summed E-state index contributed by atoms with van der Waals surface area (Å²) in [6.45, 7) is 0. The first kappa shape index (κ1) is 10.2. The molecule has 16 heavy (non-hydrogen) atoms. The molecule has 0 aliphatic heterocycles. The van der Waals surface area contributed by atoms with Crippen molar-refractivity contribution in [2.75, 3.05) is 12.8 Å². The van der Waals surface area contributed by atoms with Gasteiger partial charge >= 0.3 is 0 Å². The van der Waals surface area contributed by atoms with E-state index in [2.05, 4.69) is 10.2 Å². The number of nitrogens with two attached hydrogens (primary N) is 1. The fourth-order valence-electron chi connectivity index (χ4n) is 1.42. The molecule has 1 aromatic carbocycles. The standard InChI is InChI=1S/C10H11N3O3/c1-16-8-3-5(2-7(14)10(8)15)9-6(11)4-12-13-9/h2-4,14-15H,11H2,1H3,(H,12,13). The van der Waals surface area contributed by atoms with Crippen LogP contribution in [0, 0.1) is 0 Å². The van der Waals surface area contributed by atoms with Crippen LogP contribution in [0.3, 0.4) is 0 Å². The number of H-pyrrole nitrogens is 1. The lowest BCUT2D eigenvalue weighted by Crippen LogP contribution is -1.89. The number of anilines is 1. The maximum Gasteiger partial charge on any atom is 0.200 e. The van der Waals surface area contributed by atoms with E-state index in [1.807, 2.05) is 0 Å². The number of benzene rings is 1. The Balaban J connectivity index is 2.59. The second-order valence-corrected chi connectivity index (χ2v) is 3.25. The Morgan fingerprint density at radius 1 is 1.38 bits per heavy atom. The van der Waals surface area contributed by atoms with E-state index in [1.165, 1.54) is 19.4 Å². The van der Waals surface area contributed by atoms with Crippen molar-refractivity contribution in [3.8, 4) is 28.5 Å². The Hall–Kier alpha value is -2.37. The minimum Gasteiger partial charge on any atom is -0.504 e. The average Bonchev–Trinajstić information content (AvgIpc) is 2.68. The zero-order chi connectivity index (χ0) is 11.7. The number of ether oxygens (including phenoxy) is 1. The van der Waals surface area contributed by atoms with Crippen molar-refractivity contribution in [3.05, 3.63) is 18.3 Å². The predicted octanol–water partition coefficient (Wildman–Crippen LogP) is 1.08. The molecular formula is C10H11N3O3. The molecule has 2 aromatic rings. The summed E-state index contributed by atoms with van der Waals surface area (Å²) in [6.07, 6.45) is 1.46. The number of nitrogens with one attached hydrogen (secondary N) is 1. The molecule has 0 spiro atoms. The fourth-order valence-corrected chi connectivity index (χ4v) is 1.42. The number of phenols is 2. The quantitative estimate of drug-likeness (QED) is 0.568. The number of methoxy groups -OCH3 is 1. The molecule has 0 atom stereocenters. The van der Waals surface area contributed by atoms with Gasteiger partial charge in [0, 0.05) is 5.56 Å². The minimum absolute atomic E-state index is 0.170. The van der Waals surface area contributed by atoms with Crippen LogP contribution in [0.25, 0.3) is 11.3 Å². The van der Waals surface area contributed by atoms with Gasteiger partial charge < -0.3 is 20.7 Å². The molecule has 0 saturated heterocycles. The van der Waals surface area contributed by atoms with Gasteiger partial charge in [0.25, 0.3) is 0 Å². The summed E-state index contributed by atoms with van der Waals surface area (Å²) in [4.78, 5) is 0. The highest BCUT2D eigenvalue weighted by atomic mass is 16.5. The lowest BCUT2D eigenvalue weighted by atomic mass is 10.1. The van der Waals surface area contributed by atoms with Crippen molar-refractivity contribution in [1.82, 2.24) is 10.2 Å². The molecule has 5 N–H and O–H groups in total. The summed E-state index contributed by atoms with van der Waals surface area (Å²) in [6, 6.07) is 2.93. The predicted molar refractivity (Wildman–Crippen MR) is 58.3 cm³/mol. The zero-order valence-corrected chi connectivity index (χ0v) is 8.56. The van der Waals surface area contributed by atoms with Gasteiger partial charge in [-0.2, -0.15) is 5.10 Å². The molecule has 6 heteroatoms. The summed E-state index contributed by atoms with van der Waals surface area (Å²) in [7, 11) is 1.40. The molecule has 0 aliphatic rings. The van der Waals surface area contributed by atoms with Gasteiger partial charge in [0.2, 0.25) is 5.75 Å². The summed E-state index contributed by atoms with van der Waals surface area (Å²) >= 11 is 0. The first-order valence-electron chi connectivity index (χ1n) is 4.52. The number of aromatic hydroxyl groups is 2. The van der Waals surface area contributed by atoms with Gasteiger partial charge in [0.05, 0.1) is 24.7 Å². The second kappa shape index (κ2) is 3.65. The molecule has 1 aromatic heterocycles. The van der Waals surface area contributed by atoms with Crippen molar-refractivity contribution in [1.29, 1.82) is 0 Å². The number of hydrogen-bond acceptors (Lipinski definition) is 5. The zero-order valence-electron chi connectivity index (χ0n) is 8.56. The lowest BCUT2D eigenvalue weighted by molar-refractivity contribution is 0.351. The van der Waals surface area contributed by atoms with E-state index >= 15 is 0 Å². The molecule has 6 nitrogen and oxygen atoms in total. The third kappa shape index (κ3) is 1.50. The van der Waals surface area contributed by atoms with Gasteiger partial charge in [-0.25, -0.2) is 0 Å². The van der Waals surface area contributed by atoms with Gasteiger partial charge in [-0.3, -0.25) is 5.10 Å².